The number of para-hydroxylation sites is 1. The van der Waals surface area contributed by atoms with Crippen LogP contribution in [0.15, 0.2) is 54.6 Å². The maximum Gasteiger partial charge on any atom is 0.258 e. The summed E-state index contributed by atoms with van der Waals surface area (Å²) in [5.74, 6) is -0.0708. The molecule has 1 aliphatic rings. The Morgan fingerprint density at radius 3 is 2.52 bits per heavy atom. The van der Waals surface area contributed by atoms with Crippen LogP contribution in [0.3, 0.4) is 0 Å². The number of nitrogens with one attached hydrogen (secondary N) is 2. The van der Waals surface area contributed by atoms with Gasteiger partial charge < -0.3 is 20.3 Å². The van der Waals surface area contributed by atoms with E-state index in [2.05, 4.69) is 10.6 Å². The highest BCUT2D eigenvalue weighted by atomic mass is 16.5. The normalized spacial score (nSPS) is 15.6. The molecule has 0 spiro atoms. The molecule has 2 N–H and O–H groups in total. The number of hydrogen-bond acceptors (Lipinski definition) is 4. The van der Waals surface area contributed by atoms with Crippen molar-refractivity contribution < 1.29 is 19.1 Å². The van der Waals surface area contributed by atoms with Gasteiger partial charge in [0.1, 0.15) is 5.75 Å². The van der Waals surface area contributed by atoms with Gasteiger partial charge in [-0.25, -0.2) is 0 Å². The predicted molar refractivity (Wildman–Crippen MR) is 117 cm³/mol. The number of amides is 3. The molecule has 0 bridgehead atoms. The summed E-state index contributed by atoms with van der Waals surface area (Å²) in [6, 6.07) is 17.4. The lowest BCUT2D eigenvalue weighted by molar-refractivity contribution is -0.129. The number of likely N-dealkylation sites (tertiary alicyclic amines) is 1. The Kier molecular flexibility index (Phi) is 8.04. The third-order valence-electron chi connectivity index (χ3n) is 5.26. The van der Waals surface area contributed by atoms with E-state index < -0.39 is 0 Å². The molecule has 3 amide bonds. The molecule has 1 heterocycles. The molecule has 1 saturated heterocycles. The molecule has 3 rings (SSSR count). The highest BCUT2D eigenvalue weighted by molar-refractivity contribution is 5.89. The lowest BCUT2D eigenvalue weighted by Gasteiger charge is -2.16. The van der Waals surface area contributed by atoms with E-state index in [0.29, 0.717) is 31.9 Å². The van der Waals surface area contributed by atoms with Crippen LogP contribution in [-0.4, -0.2) is 48.9 Å². The zero-order chi connectivity index (χ0) is 22.1. The Balaban J connectivity index is 1.33. The van der Waals surface area contributed by atoms with E-state index in [-0.39, 0.29) is 36.7 Å². The van der Waals surface area contributed by atoms with Crippen molar-refractivity contribution in [3.05, 3.63) is 65.7 Å². The van der Waals surface area contributed by atoms with Crippen molar-refractivity contribution >= 4 is 17.7 Å². The molecule has 1 aliphatic heterocycles. The number of aryl methyl sites for hydroxylation is 1. The summed E-state index contributed by atoms with van der Waals surface area (Å²) in [6.45, 7) is 3.49. The van der Waals surface area contributed by atoms with Gasteiger partial charge >= 0.3 is 0 Å². The maximum atomic E-state index is 12.4. The molecule has 1 atom stereocenters. The van der Waals surface area contributed by atoms with Gasteiger partial charge in [0.2, 0.25) is 11.8 Å². The molecular formula is C24H29N3O4. The molecular weight excluding hydrogens is 394 g/mol. The van der Waals surface area contributed by atoms with Gasteiger partial charge in [-0.3, -0.25) is 14.4 Å². The van der Waals surface area contributed by atoms with Gasteiger partial charge in [0.15, 0.2) is 6.61 Å². The van der Waals surface area contributed by atoms with E-state index in [0.717, 1.165) is 17.5 Å². The van der Waals surface area contributed by atoms with Crippen molar-refractivity contribution in [2.75, 3.05) is 26.2 Å². The van der Waals surface area contributed by atoms with E-state index in [1.54, 1.807) is 4.90 Å². The molecule has 2 aromatic rings. The summed E-state index contributed by atoms with van der Waals surface area (Å²) in [5.41, 5.74) is 2.10. The van der Waals surface area contributed by atoms with Gasteiger partial charge in [0.05, 0.1) is 5.92 Å². The maximum absolute atomic E-state index is 12.4. The van der Waals surface area contributed by atoms with Crippen LogP contribution in [0.1, 0.15) is 24.5 Å². The van der Waals surface area contributed by atoms with Crippen molar-refractivity contribution in [1.29, 1.82) is 0 Å². The number of benzene rings is 2. The fourth-order valence-corrected chi connectivity index (χ4v) is 3.57. The van der Waals surface area contributed by atoms with Gasteiger partial charge in [-0.1, -0.05) is 55.5 Å². The van der Waals surface area contributed by atoms with Crippen LogP contribution in [0.2, 0.25) is 0 Å². The van der Waals surface area contributed by atoms with Crippen LogP contribution in [0.4, 0.5) is 0 Å². The first kappa shape index (κ1) is 22.3. The van der Waals surface area contributed by atoms with E-state index >= 15 is 0 Å². The van der Waals surface area contributed by atoms with Crippen molar-refractivity contribution in [3.8, 4) is 5.75 Å². The van der Waals surface area contributed by atoms with Crippen LogP contribution >= 0.6 is 0 Å². The highest BCUT2D eigenvalue weighted by Crippen LogP contribution is 2.20. The molecule has 31 heavy (non-hydrogen) atoms. The number of rotatable bonds is 10. The largest absolute Gasteiger partial charge is 0.483 e. The summed E-state index contributed by atoms with van der Waals surface area (Å²) in [4.78, 5) is 38.3. The number of hydrogen-bond donors (Lipinski definition) is 2. The third kappa shape index (κ3) is 6.57. The smallest absolute Gasteiger partial charge is 0.258 e. The fraction of sp³-hybridized carbons (Fsp3) is 0.375. The van der Waals surface area contributed by atoms with E-state index in [4.69, 9.17) is 4.74 Å². The molecule has 2 aromatic carbocycles. The average Bonchev–Trinajstić information content (AvgIpc) is 3.16. The second-order valence-electron chi connectivity index (χ2n) is 7.55. The number of carbonyl (C=O) groups is 3. The summed E-state index contributed by atoms with van der Waals surface area (Å²) in [5, 5.41) is 5.53. The van der Waals surface area contributed by atoms with E-state index in [1.807, 2.05) is 61.5 Å². The van der Waals surface area contributed by atoms with Crippen LogP contribution in [-0.2, 0) is 27.3 Å². The molecule has 7 heteroatoms. The van der Waals surface area contributed by atoms with Gasteiger partial charge in [0.25, 0.3) is 5.91 Å². The van der Waals surface area contributed by atoms with Crippen molar-refractivity contribution in [3.63, 3.8) is 0 Å². The summed E-state index contributed by atoms with van der Waals surface area (Å²) in [6.07, 6.45) is 1.05. The van der Waals surface area contributed by atoms with Crippen molar-refractivity contribution in [2.45, 2.75) is 26.3 Å². The Bertz CT molecular complexity index is 901. The third-order valence-corrected chi connectivity index (χ3v) is 5.26. The second kappa shape index (κ2) is 11.2. The topological polar surface area (TPSA) is 87.7 Å². The predicted octanol–water partition coefficient (Wildman–Crippen LogP) is 1.91. The SMILES string of the molecule is CCc1ccccc1OCC(=O)NCCNC(=O)C1CC(=O)N(Cc2ccccc2)C1. The first-order valence-corrected chi connectivity index (χ1v) is 10.6. The highest BCUT2D eigenvalue weighted by Gasteiger charge is 2.33. The quantitative estimate of drug-likeness (QED) is 0.572. The van der Waals surface area contributed by atoms with Crippen molar-refractivity contribution in [1.82, 2.24) is 15.5 Å². The van der Waals surface area contributed by atoms with Gasteiger partial charge in [0, 0.05) is 32.6 Å². The van der Waals surface area contributed by atoms with Gasteiger partial charge in [-0.15, -0.1) is 0 Å². The van der Waals surface area contributed by atoms with E-state index in [9.17, 15) is 14.4 Å². The zero-order valence-corrected chi connectivity index (χ0v) is 17.8. The molecule has 0 aliphatic carbocycles. The lowest BCUT2D eigenvalue weighted by Crippen LogP contribution is -2.39. The molecule has 0 radical (unpaired) electrons. The summed E-state index contributed by atoms with van der Waals surface area (Å²) < 4.78 is 5.58. The first-order valence-electron chi connectivity index (χ1n) is 10.6. The Morgan fingerprint density at radius 1 is 1.03 bits per heavy atom. The molecule has 7 nitrogen and oxygen atoms in total. The Labute approximate surface area is 182 Å². The van der Waals surface area contributed by atoms with Crippen LogP contribution in [0.25, 0.3) is 0 Å². The van der Waals surface area contributed by atoms with Crippen LogP contribution < -0.4 is 15.4 Å². The minimum absolute atomic E-state index is 0.0122. The van der Waals surface area contributed by atoms with Crippen LogP contribution in [0.5, 0.6) is 5.75 Å². The minimum Gasteiger partial charge on any atom is -0.483 e. The molecule has 0 aromatic heterocycles. The summed E-state index contributed by atoms with van der Waals surface area (Å²) in [7, 11) is 0. The number of carbonyl (C=O) groups excluding carboxylic acids is 3. The molecule has 1 fully saturated rings. The molecule has 1 unspecified atom stereocenters. The molecule has 0 saturated carbocycles. The van der Waals surface area contributed by atoms with Crippen LogP contribution in [0, 0.1) is 5.92 Å². The number of nitrogens with zero attached hydrogens (tertiary/aromatic N) is 1. The monoisotopic (exact) mass is 423 g/mol. The first-order chi connectivity index (χ1) is 15.1. The zero-order valence-electron chi connectivity index (χ0n) is 17.8. The standard InChI is InChI=1S/C24H29N3O4/c1-2-19-10-6-7-11-21(19)31-17-22(28)25-12-13-26-24(30)20-14-23(29)27(16-20)15-18-8-4-3-5-9-18/h3-11,20H,2,12-17H2,1H3,(H,25,28)(H,26,30). The van der Waals surface area contributed by atoms with Gasteiger partial charge in [-0.05, 0) is 23.6 Å². The average molecular weight is 424 g/mol. The lowest BCUT2D eigenvalue weighted by atomic mass is 10.1. The fourth-order valence-electron chi connectivity index (χ4n) is 3.57. The Hall–Kier alpha value is -3.35. The number of ether oxygens (including phenoxy) is 1. The van der Waals surface area contributed by atoms with Gasteiger partial charge in [-0.2, -0.15) is 0 Å². The molecule has 164 valence electrons. The minimum atomic E-state index is -0.360. The van der Waals surface area contributed by atoms with Crippen molar-refractivity contribution in [2.24, 2.45) is 5.92 Å². The summed E-state index contributed by atoms with van der Waals surface area (Å²) >= 11 is 0. The van der Waals surface area contributed by atoms with E-state index in [1.165, 1.54) is 0 Å². The second-order valence-corrected chi connectivity index (χ2v) is 7.55. The Morgan fingerprint density at radius 2 is 1.74 bits per heavy atom.